The van der Waals surface area contributed by atoms with Crippen LogP contribution in [0.1, 0.15) is 238 Å². The maximum absolute atomic E-state index is 14.0. The van der Waals surface area contributed by atoms with Gasteiger partial charge in [0.05, 0.1) is 100 Å². The summed E-state index contributed by atoms with van der Waals surface area (Å²) >= 11 is 0. The summed E-state index contributed by atoms with van der Waals surface area (Å²) in [4.78, 5) is 214. The van der Waals surface area contributed by atoms with Crippen LogP contribution in [0.25, 0.3) is 0 Å². The third-order valence-electron chi connectivity index (χ3n) is 18.9. The lowest BCUT2D eigenvalue weighted by Gasteiger charge is -2.35. The summed E-state index contributed by atoms with van der Waals surface area (Å²) in [5, 5.41) is 19.0. The number of Topliss-reactive ketones (excluding diaryl/α,β-unsaturated/α-hetero) is 2. The van der Waals surface area contributed by atoms with Crippen LogP contribution in [0.4, 0.5) is 0 Å². The summed E-state index contributed by atoms with van der Waals surface area (Å²) in [7, 11) is 0. The number of nitrogens with two attached hydrogens (primary N) is 1. The van der Waals surface area contributed by atoms with Gasteiger partial charge >= 0.3 is 41.8 Å². The Balaban J connectivity index is 7.47. The minimum Gasteiger partial charge on any atom is -0.464 e. The van der Waals surface area contributed by atoms with E-state index in [1.165, 1.54) is 0 Å². The maximum atomic E-state index is 14.0. The van der Waals surface area contributed by atoms with Crippen LogP contribution in [0, 0.1) is 70.4 Å². The molecule has 36 nitrogen and oxygen atoms in total. The van der Waals surface area contributed by atoms with Gasteiger partial charge in [0.25, 0.3) is 0 Å². The van der Waals surface area contributed by atoms with Gasteiger partial charge in [0.15, 0.2) is 0 Å². The van der Waals surface area contributed by atoms with Crippen LogP contribution in [0.15, 0.2) is 0 Å². The molecule has 0 heterocycles. The fourth-order valence-corrected chi connectivity index (χ4v) is 10.1. The molecule has 0 aromatic carbocycles. The van der Waals surface area contributed by atoms with Crippen LogP contribution in [-0.2, 0) is 134 Å². The Hall–Kier alpha value is -8.32. The average molecular weight is 1790 g/mol. The van der Waals surface area contributed by atoms with Gasteiger partial charge in [-0.3, -0.25) is 76.7 Å². The number of amides is 7. The minimum atomic E-state index is -1.52. The Morgan fingerprint density at radius 3 is 0.696 bits per heavy atom. The molecule has 0 saturated carbocycles. The normalized spacial score (nSPS) is 12.8. The molecular formula is C89H156N8O28. The smallest absolute Gasteiger partial charge is 0.311 e. The molecule has 0 fully saturated rings. The third kappa shape index (κ3) is 50.7. The number of carbonyl (C=O) groups excluding carboxylic acids is 16. The van der Waals surface area contributed by atoms with Gasteiger partial charge in [0.1, 0.15) is 77.6 Å². The van der Waals surface area contributed by atoms with E-state index in [0.717, 1.165) is 0 Å². The van der Waals surface area contributed by atoms with Crippen molar-refractivity contribution in [2.45, 2.75) is 238 Å². The summed E-state index contributed by atoms with van der Waals surface area (Å²) in [5.74, 6) is -8.92. The summed E-state index contributed by atoms with van der Waals surface area (Å²) in [6.07, 6.45) is -1.05. The molecule has 0 aromatic rings. The predicted octanol–water partition coefficient (Wildman–Crippen LogP) is 6.26. The van der Waals surface area contributed by atoms with Gasteiger partial charge < -0.3 is 99.8 Å². The summed E-state index contributed by atoms with van der Waals surface area (Å²) in [5.41, 5.74) is -8.29. The first kappa shape index (κ1) is 117. The summed E-state index contributed by atoms with van der Waals surface area (Å²) in [6.45, 7) is 37.5. The summed E-state index contributed by atoms with van der Waals surface area (Å²) in [6, 6.07) is 0. The Labute approximate surface area is 741 Å². The first-order chi connectivity index (χ1) is 57.1. The third-order valence-corrected chi connectivity index (χ3v) is 18.9. The van der Waals surface area contributed by atoms with Crippen LogP contribution >= 0.6 is 0 Å². The van der Waals surface area contributed by atoms with Crippen LogP contribution in [0.2, 0.25) is 0 Å². The first-order valence-electron chi connectivity index (χ1n) is 42.8. The van der Waals surface area contributed by atoms with Crippen LogP contribution < -0.4 is 43.0 Å². The van der Waals surface area contributed by atoms with Crippen molar-refractivity contribution >= 4 is 94.7 Å². The maximum Gasteiger partial charge on any atom is 0.311 e. The quantitative estimate of drug-likeness (QED) is 0.0189. The largest absolute Gasteiger partial charge is 0.464 e. The monoisotopic (exact) mass is 1790 g/mol. The lowest BCUT2D eigenvalue weighted by Crippen LogP contribution is -2.54. The van der Waals surface area contributed by atoms with E-state index in [-0.39, 0.29) is 187 Å². The first-order valence-corrected chi connectivity index (χ1v) is 42.8. The highest BCUT2D eigenvalue weighted by molar-refractivity contribution is 5.86. The van der Waals surface area contributed by atoms with E-state index in [9.17, 15) is 76.7 Å². The molecular weight excluding hydrogens is 1630 g/mol. The van der Waals surface area contributed by atoms with Crippen LogP contribution in [0.3, 0.4) is 0 Å². The Morgan fingerprint density at radius 2 is 0.448 bits per heavy atom. The average Bonchev–Trinajstić information content (AvgIpc) is 0.835. The molecule has 7 amide bonds. The van der Waals surface area contributed by atoms with E-state index in [2.05, 4.69) is 37.2 Å². The van der Waals surface area contributed by atoms with Gasteiger partial charge in [-0.2, -0.15) is 0 Å². The zero-order valence-corrected chi connectivity index (χ0v) is 80.3. The van der Waals surface area contributed by atoms with Crippen molar-refractivity contribution in [2.75, 3.05) is 165 Å². The second kappa shape index (κ2) is 52.8. The van der Waals surface area contributed by atoms with E-state index in [0.29, 0.717) is 0 Å². The van der Waals surface area contributed by atoms with Gasteiger partial charge in [0, 0.05) is 107 Å². The molecule has 36 heteroatoms. The van der Waals surface area contributed by atoms with Gasteiger partial charge in [0.2, 0.25) is 41.4 Å². The molecule has 0 atom stereocenters. The molecule has 125 heavy (non-hydrogen) atoms. The van der Waals surface area contributed by atoms with Crippen molar-refractivity contribution < 1.29 is 134 Å². The second-order valence-corrected chi connectivity index (χ2v) is 41.8. The zero-order valence-electron chi connectivity index (χ0n) is 80.3. The molecule has 0 bridgehead atoms. The number of carbonyl (C=O) groups is 16. The highest BCUT2D eigenvalue weighted by atomic mass is 16.6. The van der Waals surface area contributed by atoms with Crippen molar-refractivity contribution in [3.05, 3.63) is 0 Å². The standard InChI is InChI=1S/C89H156N8O28/c1-77(2,3)61(98)28-34-86(54-119-70(107)79(7,8)9,55-120-71(108)80(10,11)12)50-116-44-67(104)91-37-30-63(100)95-47-88(52-115-43-40-94-66(103)33-41-114-42-36-90,48-96-64(101)31-38-92-68(105)45-117-51-87(35-29-62(99)78(4,5)6,56-121-72(109)81(13,14)15)57-122-73(110)82(16,17)18)49-97-65(102)32-39-93-69(106)46-118-53-89(58-123-74(111)83(19,20)21,59-124-75(112)84(22,23)24)60-125-76(113)85(25,26)27/h28-60,90H2,1-27H3,(H,91,104)(H,92,105)(H,93,106)(H,94,103)(H,95,100)(H,96,101)(H,97,102). The molecule has 0 saturated heterocycles. The molecule has 0 aliphatic rings. The molecule has 0 spiro atoms. The molecule has 0 rings (SSSR count). The number of esters is 7. The molecule has 0 aliphatic heterocycles. The molecule has 9 N–H and O–H groups in total. The number of ether oxygens (including phenoxy) is 12. The van der Waals surface area contributed by atoms with E-state index in [4.69, 9.17) is 62.6 Å². The van der Waals surface area contributed by atoms with Crippen LogP contribution in [-0.4, -0.2) is 259 Å². The fraction of sp³-hybridized carbons (Fsp3) is 0.820. The van der Waals surface area contributed by atoms with Crippen molar-refractivity contribution in [3.8, 4) is 0 Å². The van der Waals surface area contributed by atoms with Gasteiger partial charge in [-0.1, -0.05) is 41.5 Å². The van der Waals surface area contributed by atoms with Crippen LogP contribution in [0.5, 0.6) is 0 Å². The molecule has 0 radical (unpaired) electrons. The molecule has 0 unspecified atom stereocenters. The Morgan fingerprint density at radius 1 is 0.216 bits per heavy atom. The second-order valence-electron chi connectivity index (χ2n) is 41.8. The van der Waals surface area contributed by atoms with E-state index < -0.39 is 194 Å². The minimum absolute atomic E-state index is 0.00419. The molecule has 720 valence electrons. The van der Waals surface area contributed by atoms with E-state index in [1.807, 2.05) is 0 Å². The topological polar surface area (TPSA) is 494 Å². The lowest BCUT2D eigenvalue weighted by molar-refractivity contribution is -0.178. The number of rotatable bonds is 57. The van der Waals surface area contributed by atoms with Gasteiger partial charge in [-0.25, -0.2) is 0 Å². The predicted molar refractivity (Wildman–Crippen MR) is 463 cm³/mol. The van der Waals surface area contributed by atoms with Crippen molar-refractivity contribution in [2.24, 2.45) is 76.1 Å². The number of nitrogens with one attached hydrogen (secondary N) is 7. The highest BCUT2D eigenvalue weighted by Gasteiger charge is 2.44. The summed E-state index contributed by atoms with van der Waals surface area (Å²) < 4.78 is 69.4. The van der Waals surface area contributed by atoms with E-state index >= 15 is 0 Å². The highest BCUT2D eigenvalue weighted by Crippen LogP contribution is 2.35. The lowest BCUT2D eigenvalue weighted by atomic mass is 9.80. The SMILES string of the molecule is CC(C)(C)C(=O)CCC(COCC(=O)NCCC(=O)NCC(CNC(=O)CCNC(=O)COCC(CCC(=O)C(C)(C)C)(COC(=O)C(C)(C)C)COC(=O)C(C)(C)C)(CNC(=O)CCNC(=O)COCC(COC(=O)C(C)(C)C)(COC(=O)C(C)(C)C)COC(=O)C(C)(C)C)COCCNC(=O)CCOCCN)(COC(=O)C(C)(C)C)COC(=O)C(C)(C)C. The van der Waals surface area contributed by atoms with Crippen molar-refractivity contribution in [1.82, 2.24) is 37.2 Å². The number of hydrogen-bond donors (Lipinski definition) is 8. The van der Waals surface area contributed by atoms with Gasteiger partial charge in [-0.05, 0) is 158 Å². The number of ketones is 2. The number of hydrogen-bond acceptors (Lipinski definition) is 29. The molecule has 0 aliphatic carbocycles. The van der Waals surface area contributed by atoms with Crippen molar-refractivity contribution in [3.63, 3.8) is 0 Å². The van der Waals surface area contributed by atoms with Gasteiger partial charge in [-0.15, -0.1) is 0 Å². The Bertz CT molecular complexity index is 2960. The van der Waals surface area contributed by atoms with Crippen molar-refractivity contribution in [1.29, 1.82) is 0 Å². The Kier molecular flexibility index (Phi) is 49.3. The van der Waals surface area contributed by atoms with E-state index in [1.54, 1.807) is 187 Å². The zero-order chi connectivity index (χ0) is 96.5. The fourth-order valence-electron chi connectivity index (χ4n) is 10.1. The molecule has 0 aromatic heterocycles.